The third-order valence-electron chi connectivity index (χ3n) is 4.15. The molecule has 6 heteroatoms. The van der Waals surface area contributed by atoms with Crippen LogP contribution in [0.5, 0.6) is 5.75 Å². The van der Waals surface area contributed by atoms with Crippen LogP contribution >= 0.6 is 0 Å². The third-order valence-corrected chi connectivity index (χ3v) is 4.15. The molecule has 0 saturated heterocycles. The number of pyridine rings is 1. The number of hydrogen-bond donors (Lipinski definition) is 0. The largest absolute Gasteiger partial charge is 0.497 e. The average molecular weight is 349 g/mol. The normalized spacial score (nSPS) is 10.5. The summed E-state index contributed by atoms with van der Waals surface area (Å²) in [6.07, 6.45) is 5.53. The molecule has 0 aliphatic carbocycles. The van der Waals surface area contributed by atoms with Crippen molar-refractivity contribution >= 4 is 16.9 Å². The number of amides is 1. The van der Waals surface area contributed by atoms with Gasteiger partial charge in [0.25, 0.3) is 0 Å². The lowest BCUT2D eigenvalue weighted by Gasteiger charge is -2.21. The summed E-state index contributed by atoms with van der Waals surface area (Å²) in [7, 11) is 1.60. The van der Waals surface area contributed by atoms with Crippen LogP contribution in [0, 0.1) is 11.3 Å². The molecular weight excluding hydrogens is 330 g/mol. The fourth-order valence-electron chi connectivity index (χ4n) is 2.79. The molecule has 0 unspecified atom stereocenters. The van der Waals surface area contributed by atoms with Crippen LogP contribution in [-0.4, -0.2) is 29.4 Å². The summed E-state index contributed by atoms with van der Waals surface area (Å²) in [6, 6.07) is 11.4. The highest BCUT2D eigenvalue weighted by molar-refractivity contribution is 5.88. The van der Waals surface area contributed by atoms with Crippen molar-refractivity contribution in [3.05, 3.63) is 60.1 Å². The summed E-state index contributed by atoms with van der Waals surface area (Å²) >= 11 is 0. The van der Waals surface area contributed by atoms with Crippen molar-refractivity contribution in [1.82, 2.24) is 9.88 Å². The Labute approximate surface area is 151 Å². The first-order valence-electron chi connectivity index (χ1n) is 8.29. The molecule has 0 aliphatic rings. The highest BCUT2D eigenvalue weighted by Gasteiger charge is 2.17. The van der Waals surface area contributed by atoms with Gasteiger partial charge in [-0.3, -0.25) is 9.78 Å². The van der Waals surface area contributed by atoms with E-state index in [0.717, 1.165) is 16.5 Å². The van der Waals surface area contributed by atoms with E-state index in [4.69, 9.17) is 14.4 Å². The second-order valence-electron chi connectivity index (χ2n) is 5.88. The maximum Gasteiger partial charge on any atom is 0.227 e. The third kappa shape index (κ3) is 4.01. The number of benzene rings is 1. The van der Waals surface area contributed by atoms with E-state index in [1.54, 1.807) is 36.7 Å². The van der Waals surface area contributed by atoms with Crippen molar-refractivity contribution in [1.29, 1.82) is 5.26 Å². The van der Waals surface area contributed by atoms with Gasteiger partial charge in [-0.1, -0.05) is 6.07 Å². The molecule has 0 radical (unpaired) electrons. The number of aromatic nitrogens is 1. The molecular formula is C20H19N3O3. The fourth-order valence-corrected chi connectivity index (χ4v) is 2.79. The molecule has 0 atom stereocenters. The van der Waals surface area contributed by atoms with E-state index in [1.165, 1.54) is 0 Å². The number of nitrogens with zero attached hydrogens (tertiary/aromatic N) is 3. The van der Waals surface area contributed by atoms with Crippen LogP contribution in [0.1, 0.15) is 17.5 Å². The summed E-state index contributed by atoms with van der Waals surface area (Å²) in [5, 5.41) is 9.77. The lowest BCUT2D eigenvalue weighted by molar-refractivity contribution is -0.131. The average Bonchev–Trinajstić information content (AvgIpc) is 3.07. The number of rotatable bonds is 7. The van der Waals surface area contributed by atoms with Crippen LogP contribution in [0.15, 0.2) is 53.4 Å². The molecule has 132 valence electrons. The van der Waals surface area contributed by atoms with Gasteiger partial charge < -0.3 is 14.1 Å². The summed E-state index contributed by atoms with van der Waals surface area (Å²) in [6.45, 7) is 0.811. The highest BCUT2D eigenvalue weighted by atomic mass is 16.5. The first kappa shape index (κ1) is 17.5. The summed E-state index contributed by atoms with van der Waals surface area (Å²) < 4.78 is 10.7. The number of nitriles is 1. The smallest absolute Gasteiger partial charge is 0.227 e. The summed E-state index contributed by atoms with van der Waals surface area (Å²) in [5.41, 5.74) is 2.43. The second kappa shape index (κ2) is 8.17. The number of furan rings is 1. The monoisotopic (exact) mass is 349 g/mol. The molecule has 0 N–H and O–H groups in total. The first-order chi connectivity index (χ1) is 12.7. The topological polar surface area (TPSA) is 79.4 Å². The van der Waals surface area contributed by atoms with Crippen molar-refractivity contribution in [2.24, 2.45) is 0 Å². The van der Waals surface area contributed by atoms with Gasteiger partial charge in [0.05, 0.1) is 32.3 Å². The van der Waals surface area contributed by atoms with Gasteiger partial charge in [0.15, 0.2) is 0 Å². The van der Waals surface area contributed by atoms with E-state index in [9.17, 15) is 4.79 Å². The molecule has 26 heavy (non-hydrogen) atoms. The molecule has 0 bridgehead atoms. The van der Waals surface area contributed by atoms with Crippen LogP contribution in [0.3, 0.4) is 0 Å². The van der Waals surface area contributed by atoms with Crippen molar-refractivity contribution in [2.75, 3.05) is 13.7 Å². The molecule has 2 aromatic heterocycles. The molecule has 3 rings (SSSR count). The van der Waals surface area contributed by atoms with E-state index in [2.05, 4.69) is 11.1 Å². The predicted octanol–water partition coefficient (Wildman–Crippen LogP) is 3.32. The predicted molar refractivity (Wildman–Crippen MR) is 96.4 cm³/mol. The quantitative estimate of drug-likeness (QED) is 0.654. The zero-order chi connectivity index (χ0) is 18.4. The minimum absolute atomic E-state index is 0.0531. The molecule has 0 spiro atoms. The number of carbonyl (C=O) groups excluding carboxylic acids is 1. The Morgan fingerprint density at radius 1 is 1.38 bits per heavy atom. The fraction of sp³-hybridized carbons (Fsp3) is 0.250. The SMILES string of the molecule is COc1ccc2c(CC(=O)N(CCC#N)Cc3cccnc3)coc2c1. The zero-order valence-corrected chi connectivity index (χ0v) is 14.5. The summed E-state index contributed by atoms with van der Waals surface area (Å²) in [5.74, 6) is 0.652. The van der Waals surface area contributed by atoms with Gasteiger partial charge >= 0.3 is 0 Å². The minimum atomic E-state index is -0.0531. The van der Waals surface area contributed by atoms with Crippen LogP contribution < -0.4 is 4.74 Å². The maximum absolute atomic E-state index is 12.8. The van der Waals surface area contributed by atoms with Gasteiger partial charge in [0, 0.05) is 42.5 Å². The molecule has 2 heterocycles. The Balaban J connectivity index is 1.77. The molecule has 1 amide bonds. The molecule has 0 aliphatic heterocycles. The van der Waals surface area contributed by atoms with E-state index in [-0.39, 0.29) is 18.7 Å². The Bertz CT molecular complexity index is 928. The molecule has 0 fully saturated rings. The minimum Gasteiger partial charge on any atom is -0.497 e. The highest BCUT2D eigenvalue weighted by Crippen LogP contribution is 2.26. The van der Waals surface area contributed by atoms with E-state index < -0.39 is 0 Å². The van der Waals surface area contributed by atoms with Gasteiger partial charge in [-0.25, -0.2) is 0 Å². The Morgan fingerprint density at radius 3 is 3.00 bits per heavy atom. The van der Waals surface area contributed by atoms with E-state index in [0.29, 0.717) is 24.4 Å². The van der Waals surface area contributed by atoms with Crippen molar-refractivity contribution in [3.8, 4) is 11.8 Å². The van der Waals surface area contributed by atoms with Crippen LogP contribution in [0.25, 0.3) is 11.0 Å². The van der Waals surface area contributed by atoms with Gasteiger partial charge in [-0.2, -0.15) is 5.26 Å². The maximum atomic E-state index is 12.8. The number of fused-ring (bicyclic) bond motifs is 1. The van der Waals surface area contributed by atoms with Crippen molar-refractivity contribution in [2.45, 2.75) is 19.4 Å². The Hall–Kier alpha value is -3.33. The number of methoxy groups -OCH3 is 1. The lowest BCUT2D eigenvalue weighted by Crippen LogP contribution is -2.32. The van der Waals surface area contributed by atoms with E-state index >= 15 is 0 Å². The Morgan fingerprint density at radius 2 is 2.27 bits per heavy atom. The molecule has 3 aromatic rings. The first-order valence-corrected chi connectivity index (χ1v) is 8.29. The van der Waals surface area contributed by atoms with Crippen LogP contribution in [0.2, 0.25) is 0 Å². The standard InChI is InChI=1S/C20H19N3O3/c1-25-17-5-6-18-16(14-26-19(18)11-17)10-20(24)23(9-3-7-21)13-15-4-2-8-22-12-15/h2,4-6,8,11-12,14H,3,9-10,13H2,1H3. The number of carbonyl (C=O) groups is 1. The van der Waals surface area contributed by atoms with Crippen LogP contribution in [0.4, 0.5) is 0 Å². The molecule has 6 nitrogen and oxygen atoms in total. The zero-order valence-electron chi connectivity index (χ0n) is 14.5. The van der Waals surface area contributed by atoms with Gasteiger partial charge in [0.2, 0.25) is 5.91 Å². The number of ether oxygens (including phenoxy) is 1. The number of hydrogen-bond acceptors (Lipinski definition) is 5. The van der Waals surface area contributed by atoms with E-state index in [1.807, 2.05) is 24.3 Å². The lowest BCUT2D eigenvalue weighted by atomic mass is 10.1. The summed E-state index contributed by atoms with van der Waals surface area (Å²) in [4.78, 5) is 18.6. The van der Waals surface area contributed by atoms with Gasteiger partial charge in [-0.15, -0.1) is 0 Å². The van der Waals surface area contributed by atoms with Crippen molar-refractivity contribution in [3.63, 3.8) is 0 Å². The van der Waals surface area contributed by atoms with Crippen molar-refractivity contribution < 1.29 is 13.9 Å². The van der Waals surface area contributed by atoms with Gasteiger partial charge in [0.1, 0.15) is 11.3 Å². The second-order valence-corrected chi connectivity index (χ2v) is 5.88. The molecule has 1 aromatic carbocycles. The molecule has 0 saturated carbocycles. The Kier molecular flexibility index (Phi) is 5.49. The van der Waals surface area contributed by atoms with Crippen LogP contribution in [-0.2, 0) is 17.8 Å². The van der Waals surface area contributed by atoms with Gasteiger partial charge in [-0.05, 0) is 23.8 Å².